The molecular formula is C17H23ClN6O. The largest absolute Gasteiger partial charge is 0.339 e. The van der Waals surface area contributed by atoms with E-state index in [0.29, 0.717) is 6.04 Å². The van der Waals surface area contributed by atoms with Gasteiger partial charge < -0.3 is 10.2 Å². The third kappa shape index (κ3) is 3.82. The second-order valence-corrected chi connectivity index (χ2v) is 6.63. The standard InChI is InChI=1S/C17H22N6O.ClH/c24-17(14-3-5-15(6-4-14)23-12-19-20-21-23)22-10-7-13(8-11-22)16-2-1-9-18-16;/h3-6,12-13,16,18H,1-2,7-11H2;1H. The molecule has 1 unspecified atom stereocenters. The quantitative estimate of drug-likeness (QED) is 0.899. The minimum absolute atomic E-state index is 0. The van der Waals surface area contributed by atoms with Crippen molar-refractivity contribution in [2.75, 3.05) is 19.6 Å². The second kappa shape index (κ2) is 7.93. The Hall–Kier alpha value is -1.99. The van der Waals surface area contributed by atoms with Crippen molar-refractivity contribution >= 4 is 18.3 Å². The van der Waals surface area contributed by atoms with E-state index in [1.807, 2.05) is 29.2 Å². The molecule has 1 N–H and O–H groups in total. The van der Waals surface area contributed by atoms with Crippen LogP contribution >= 0.6 is 12.4 Å². The van der Waals surface area contributed by atoms with Crippen LogP contribution in [0.15, 0.2) is 30.6 Å². The van der Waals surface area contributed by atoms with Gasteiger partial charge in [0.05, 0.1) is 5.69 Å². The summed E-state index contributed by atoms with van der Waals surface area (Å²) >= 11 is 0. The number of benzene rings is 1. The molecule has 2 fully saturated rings. The molecule has 0 spiro atoms. The van der Waals surface area contributed by atoms with Gasteiger partial charge in [0.2, 0.25) is 0 Å². The van der Waals surface area contributed by atoms with E-state index in [9.17, 15) is 4.79 Å². The van der Waals surface area contributed by atoms with E-state index in [1.54, 1.807) is 11.0 Å². The summed E-state index contributed by atoms with van der Waals surface area (Å²) in [6.07, 6.45) is 6.32. The maximum atomic E-state index is 12.7. The lowest BCUT2D eigenvalue weighted by molar-refractivity contribution is 0.0674. The van der Waals surface area contributed by atoms with Gasteiger partial charge in [-0.25, -0.2) is 4.68 Å². The van der Waals surface area contributed by atoms with Gasteiger partial charge in [0.1, 0.15) is 6.33 Å². The average molecular weight is 363 g/mol. The summed E-state index contributed by atoms with van der Waals surface area (Å²) in [4.78, 5) is 14.7. The molecule has 4 rings (SSSR count). The molecule has 2 aliphatic heterocycles. The molecular weight excluding hydrogens is 340 g/mol. The molecule has 3 heterocycles. The first kappa shape index (κ1) is 17.8. The van der Waals surface area contributed by atoms with Crippen molar-refractivity contribution in [1.82, 2.24) is 30.4 Å². The van der Waals surface area contributed by atoms with Crippen LogP contribution < -0.4 is 5.32 Å². The number of nitrogens with one attached hydrogen (secondary N) is 1. The van der Waals surface area contributed by atoms with Crippen LogP contribution in [0.4, 0.5) is 0 Å². The van der Waals surface area contributed by atoms with Crippen LogP contribution in [0.3, 0.4) is 0 Å². The number of piperidine rings is 1. The Morgan fingerprint density at radius 2 is 1.88 bits per heavy atom. The summed E-state index contributed by atoms with van der Waals surface area (Å²) in [5.41, 5.74) is 1.58. The summed E-state index contributed by atoms with van der Waals surface area (Å²) < 4.78 is 1.58. The van der Waals surface area contributed by atoms with Gasteiger partial charge in [0, 0.05) is 24.7 Å². The molecule has 1 amide bonds. The van der Waals surface area contributed by atoms with Crippen molar-refractivity contribution in [3.8, 4) is 5.69 Å². The van der Waals surface area contributed by atoms with Gasteiger partial charge in [-0.2, -0.15) is 0 Å². The van der Waals surface area contributed by atoms with Crippen LogP contribution in [-0.4, -0.2) is 56.7 Å². The molecule has 8 heteroatoms. The zero-order valence-corrected chi connectivity index (χ0v) is 14.9. The summed E-state index contributed by atoms with van der Waals surface area (Å²) in [6, 6.07) is 8.11. The molecule has 0 saturated carbocycles. The van der Waals surface area contributed by atoms with Crippen molar-refractivity contribution in [2.24, 2.45) is 5.92 Å². The van der Waals surface area contributed by atoms with Crippen molar-refractivity contribution in [3.05, 3.63) is 36.2 Å². The second-order valence-electron chi connectivity index (χ2n) is 6.63. The number of likely N-dealkylation sites (tertiary alicyclic amines) is 1. The predicted octanol–water partition coefficient (Wildman–Crippen LogP) is 1.69. The highest BCUT2D eigenvalue weighted by molar-refractivity contribution is 5.94. The monoisotopic (exact) mass is 362 g/mol. The maximum absolute atomic E-state index is 12.7. The smallest absolute Gasteiger partial charge is 0.253 e. The minimum Gasteiger partial charge on any atom is -0.339 e. The first-order chi connectivity index (χ1) is 11.8. The predicted molar refractivity (Wildman–Crippen MR) is 96.1 cm³/mol. The van der Waals surface area contributed by atoms with Gasteiger partial charge in [-0.3, -0.25) is 4.79 Å². The Balaban J connectivity index is 0.00000182. The lowest BCUT2D eigenvalue weighted by atomic mass is 9.88. The molecule has 0 aliphatic carbocycles. The number of nitrogens with zero attached hydrogens (tertiary/aromatic N) is 5. The first-order valence-electron chi connectivity index (χ1n) is 8.67. The highest BCUT2D eigenvalue weighted by atomic mass is 35.5. The first-order valence-corrected chi connectivity index (χ1v) is 8.67. The van der Waals surface area contributed by atoms with E-state index in [0.717, 1.165) is 49.6 Å². The Labute approximate surface area is 153 Å². The topological polar surface area (TPSA) is 75.9 Å². The number of aromatic nitrogens is 4. The van der Waals surface area contributed by atoms with Crippen LogP contribution in [0.1, 0.15) is 36.0 Å². The zero-order chi connectivity index (χ0) is 16.4. The third-order valence-electron chi connectivity index (χ3n) is 5.22. The molecule has 7 nitrogen and oxygen atoms in total. The summed E-state index contributed by atoms with van der Waals surface area (Å²) in [5.74, 6) is 0.842. The number of amides is 1. The highest BCUT2D eigenvalue weighted by Crippen LogP contribution is 2.26. The number of rotatable bonds is 3. The third-order valence-corrected chi connectivity index (χ3v) is 5.22. The Morgan fingerprint density at radius 1 is 1.12 bits per heavy atom. The van der Waals surface area contributed by atoms with Gasteiger partial charge >= 0.3 is 0 Å². The van der Waals surface area contributed by atoms with Gasteiger partial charge in [0.15, 0.2) is 0 Å². The van der Waals surface area contributed by atoms with E-state index >= 15 is 0 Å². The molecule has 1 aromatic carbocycles. The molecule has 1 atom stereocenters. The van der Waals surface area contributed by atoms with Crippen molar-refractivity contribution in [3.63, 3.8) is 0 Å². The van der Waals surface area contributed by atoms with Crippen molar-refractivity contribution < 1.29 is 4.79 Å². The zero-order valence-electron chi connectivity index (χ0n) is 14.0. The highest BCUT2D eigenvalue weighted by Gasteiger charge is 2.30. The van der Waals surface area contributed by atoms with Crippen LogP contribution in [0, 0.1) is 5.92 Å². The Morgan fingerprint density at radius 3 is 2.48 bits per heavy atom. The van der Waals surface area contributed by atoms with Crippen LogP contribution in [0.2, 0.25) is 0 Å². The molecule has 134 valence electrons. The Kier molecular flexibility index (Phi) is 5.65. The van der Waals surface area contributed by atoms with Gasteiger partial charge in [-0.1, -0.05) is 0 Å². The van der Waals surface area contributed by atoms with Crippen LogP contribution in [0.5, 0.6) is 0 Å². The number of tetrazole rings is 1. The van der Waals surface area contributed by atoms with Gasteiger partial charge in [0.25, 0.3) is 5.91 Å². The molecule has 0 radical (unpaired) electrons. The number of halogens is 1. The number of carbonyl (C=O) groups excluding carboxylic acids is 1. The molecule has 2 saturated heterocycles. The van der Waals surface area contributed by atoms with E-state index in [4.69, 9.17) is 0 Å². The molecule has 2 aliphatic rings. The number of hydrogen-bond acceptors (Lipinski definition) is 5. The molecule has 0 bridgehead atoms. The van der Waals surface area contributed by atoms with Crippen LogP contribution in [0.25, 0.3) is 5.69 Å². The van der Waals surface area contributed by atoms with Gasteiger partial charge in [-0.05, 0) is 72.8 Å². The molecule has 2 aromatic rings. The van der Waals surface area contributed by atoms with Gasteiger partial charge in [-0.15, -0.1) is 17.5 Å². The fourth-order valence-electron chi connectivity index (χ4n) is 3.84. The van der Waals surface area contributed by atoms with Crippen molar-refractivity contribution in [1.29, 1.82) is 0 Å². The lowest BCUT2D eigenvalue weighted by Crippen LogP contribution is -2.43. The van der Waals surface area contributed by atoms with Crippen LogP contribution in [-0.2, 0) is 0 Å². The minimum atomic E-state index is 0. The number of carbonyl (C=O) groups is 1. The average Bonchev–Trinajstić information content (AvgIpc) is 3.35. The normalized spacial score (nSPS) is 21.1. The molecule has 1 aromatic heterocycles. The number of hydrogen-bond donors (Lipinski definition) is 1. The fraction of sp³-hybridized carbons (Fsp3) is 0.529. The SMILES string of the molecule is Cl.O=C(c1ccc(-n2cnnn2)cc1)N1CCC(C2CCCN2)CC1. The summed E-state index contributed by atoms with van der Waals surface area (Å²) in [5, 5.41) is 14.7. The molecule has 25 heavy (non-hydrogen) atoms. The van der Waals surface area contributed by atoms with E-state index < -0.39 is 0 Å². The maximum Gasteiger partial charge on any atom is 0.253 e. The lowest BCUT2D eigenvalue weighted by Gasteiger charge is -2.35. The fourth-order valence-corrected chi connectivity index (χ4v) is 3.84. The van der Waals surface area contributed by atoms with E-state index in [2.05, 4.69) is 20.8 Å². The van der Waals surface area contributed by atoms with E-state index in [-0.39, 0.29) is 18.3 Å². The summed E-state index contributed by atoms with van der Waals surface area (Å²) in [6.45, 7) is 2.87. The summed E-state index contributed by atoms with van der Waals surface area (Å²) in [7, 11) is 0. The van der Waals surface area contributed by atoms with Crippen molar-refractivity contribution in [2.45, 2.75) is 31.7 Å². The van der Waals surface area contributed by atoms with E-state index in [1.165, 1.54) is 12.8 Å². The Bertz CT molecular complexity index is 676.